The van der Waals surface area contributed by atoms with Gasteiger partial charge in [0.25, 0.3) is 5.91 Å². The first-order valence-electron chi connectivity index (χ1n) is 11.9. The third-order valence-corrected chi connectivity index (χ3v) is 6.83. The van der Waals surface area contributed by atoms with E-state index in [4.69, 9.17) is 37.7 Å². The number of halogens is 2. The largest absolute Gasteiger partial charge is 0.493 e. The SMILES string of the molecule is COc1ccc(C(=O)NCCCCCc2nc3ccccc3n2Cc2c(Cl)cccc2Cl)cc1OC. The molecule has 0 spiro atoms. The number of benzene rings is 3. The highest BCUT2D eigenvalue weighted by Gasteiger charge is 2.14. The second-order valence-corrected chi connectivity index (χ2v) is 9.25. The van der Waals surface area contributed by atoms with Crippen LogP contribution in [0, 0.1) is 0 Å². The molecule has 1 N–H and O–H groups in total. The van der Waals surface area contributed by atoms with Gasteiger partial charge in [0.2, 0.25) is 0 Å². The molecule has 0 aliphatic heterocycles. The van der Waals surface area contributed by atoms with Crippen molar-refractivity contribution >= 4 is 40.1 Å². The van der Waals surface area contributed by atoms with Crippen LogP contribution in [0.3, 0.4) is 0 Å². The van der Waals surface area contributed by atoms with Gasteiger partial charge in [0.15, 0.2) is 11.5 Å². The fourth-order valence-electron chi connectivity index (χ4n) is 4.20. The average molecular weight is 526 g/mol. The van der Waals surface area contributed by atoms with E-state index < -0.39 is 0 Å². The van der Waals surface area contributed by atoms with Crippen LogP contribution in [0.2, 0.25) is 10.0 Å². The maximum atomic E-state index is 12.5. The van der Waals surface area contributed by atoms with Crippen LogP contribution in [0.5, 0.6) is 11.5 Å². The summed E-state index contributed by atoms with van der Waals surface area (Å²) in [6, 6.07) is 18.8. The fraction of sp³-hybridized carbons (Fsp3) is 0.286. The second kappa shape index (κ2) is 12.2. The summed E-state index contributed by atoms with van der Waals surface area (Å²) in [6.45, 7) is 1.16. The Morgan fingerprint density at radius 3 is 2.42 bits per heavy atom. The summed E-state index contributed by atoms with van der Waals surface area (Å²) in [5, 5.41) is 4.28. The van der Waals surface area contributed by atoms with E-state index in [9.17, 15) is 4.79 Å². The number of nitrogens with one attached hydrogen (secondary N) is 1. The Balaban J connectivity index is 1.33. The van der Waals surface area contributed by atoms with Crippen molar-refractivity contribution in [1.82, 2.24) is 14.9 Å². The van der Waals surface area contributed by atoms with Gasteiger partial charge in [-0.15, -0.1) is 0 Å². The van der Waals surface area contributed by atoms with Gasteiger partial charge in [-0.3, -0.25) is 4.79 Å². The molecule has 0 aliphatic carbocycles. The number of unbranched alkanes of at least 4 members (excludes halogenated alkanes) is 2. The molecule has 1 aromatic heterocycles. The third kappa shape index (κ3) is 5.94. The normalized spacial score (nSPS) is 11.0. The Hall–Kier alpha value is -3.22. The zero-order valence-corrected chi connectivity index (χ0v) is 21.9. The monoisotopic (exact) mass is 525 g/mol. The fourth-order valence-corrected chi connectivity index (χ4v) is 4.72. The molecule has 8 heteroatoms. The van der Waals surface area contributed by atoms with Gasteiger partial charge in [0, 0.05) is 34.1 Å². The van der Waals surface area contributed by atoms with E-state index in [0.717, 1.165) is 48.1 Å². The van der Waals surface area contributed by atoms with Crippen LogP contribution in [-0.2, 0) is 13.0 Å². The van der Waals surface area contributed by atoms with Crippen LogP contribution < -0.4 is 14.8 Å². The van der Waals surface area contributed by atoms with Gasteiger partial charge in [-0.1, -0.05) is 47.8 Å². The average Bonchev–Trinajstić information content (AvgIpc) is 3.24. The molecule has 0 bridgehead atoms. The van der Waals surface area contributed by atoms with E-state index in [2.05, 4.69) is 16.0 Å². The molecule has 0 saturated heterocycles. The molecule has 188 valence electrons. The van der Waals surface area contributed by atoms with Gasteiger partial charge in [0.05, 0.1) is 31.8 Å². The minimum Gasteiger partial charge on any atom is -0.493 e. The Morgan fingerprint density at radius 1 is 0.917 bits per heavy atom. The minimum absolute atomic E-state index is 0.130. The van der Waals surface area contributed by atoms with Crippen molar-refractivity contribution in [3.05, 3.63) is 87.7 Å². The summed E-state index contributed by atoms with van der Waals surface area (Å²) in [6.07, 6.45) is 3.60. The summed E-state index contributed by atoms with van der Waals surface area (Å²) < 4.78 is 12.7. The molecular weight excluding hydrogens is 497 g/mol. The maximum Gasteiger partial charge on any atom is 0.251 e. The van der Waals surface area contributed by atoms with E-state index in [0.29, 0.717) is 40.2 Å². The number of rotatable bonds is 11. The molecule has 0 radical (unpaired) electrons. The number of amides is 1. The van der Waals surface area contributed by atoms with Crippen LogP contribution in [0.25, 0.3) is 11.0 Å². The van der Waals surface area contributed by atoms with Crippen molar-refractivity contribution in [2.24, 2.45) is 0 Å². The Kier molecular flexibility index (Phi) is 8.73. The lowest BCUT2D eigenvalue weighted by Gasteiger charge is -2.12. The highest BCUT2D eigenvalue weighted by molar-refractivity contribution is 6.36. The van der Waals surface area contributed by atoms with Crippen molar-refractivity contribution < 1.29 is 14.3 Å². The van der Waals surface area contributed by atoms with Crippen LogP contribution in [0.1, 0.15) is 41.0 Å². The van der Waals surface area contributed by atoms with Gasteiger partial charge in [-0.25, -0.2) is 4.98 Å². The molecule has 36 heavy (non-hydrogen) atoms. The number of fused-ring (bicyclic) bond motifs is 1. The third-order valence-electron chi connectivity index (χ3n) is 6.12. The molecule has 0 unspecified atom stereocenters. The topological polar surface area (TPSA) is 65.4 Å². The van der Waals surface area contributed by atoms with Crippen LogP contribution >= 0.6 is 23.2 Å². The first-order chi connectivity index (χ1) is 17.5. The molecule has 6 nitrogen and oxygen atoms in total. The number of aromatic nitrogens is 2. The van der Waals surface area contributed by atoms with E-state index >= 15 is 0 Å². The lowest BCUT2D eigenvalue weighted by molar-refractivity contribution is 0.0952. The van der Waals surface area contributed by atoms with Gasteiger partial charge in [0.1, 0.15) is 5.82 Å². The van der Waals surface area contributed by atoms with Gasteiger partial charge in [-0.05, 0) is 55.3 Å². The molecule has 0 saturated carbocycles. The van der Waals surface area contributed by atoms with E-state index in [1.807, 2.05) is 36.4 Å². The first-order valence-corrected chi connectivity index (χ1v) is 12.6. The van der Waals surface area contributed by atoms with Crippen molar-refractivity contribution in [3.63, 3.8) is 0 Å². The summed E-state index contributed by atoms with van der Waals surface area (Å²) in [7, 11) is 3.12. The molecule has 4 aromatic rings. The Bertz CT molecular complexity index is 1330. The van der Waals surface area contributed by atoms with Crippen LogP contribution in [-0.4, -0.2) is 36.2 Å². The molecule has 4 rings (SSSR count). The van der Waals surface area contributed by atoms with E-state index in [1.54, 1.807) is 32.4 Å². The van der Waals surface area contributed by atoms with Gasteiger partial charge in [-0.2, -0.15) is 0 Å². The number of nitrogens with zero attached hydrogens (tertiary/aromatic N) is 2. The van der Waals surface area contributed by atoms with Gasteiger partial charge >= 0.3 is 0 Å². The zero-order chi connectivity index (χ0) is 25.5. The number of hydrogen-bond donors (Lipinski definition) is 1. The predicted octanol–water partition coefficient (Wildman–Crippen LogP) is 6.55. The summed E-state index contributed by atoms with van der Waals surface area (Å²) in [5.74, 6) is 2.00. The number of methoxy groups -OCH3 is 2. The highest BCUT2D eigenvalue weighted by Crippen LogP contribution is 2.29. The molecule has 0 atom stereocenters. The van der Waals surface area contributed by atoms with Crippen LogP contribution in [0.15, 0.2) is 60.7 Å². The van der Waals surface area contributed by atoms with E-state index in [-0.39, 0.29) is 5.91 Å². The molecule has 1 amide bonds. The number of aryl methyl sites for hydroxylation is 1. The van der Waals surface area contributed by atoms with E-state index in [1.165, 1.54) is 0 Å². The van der Waals surface area contributed by atoms with Crippen LogP contribution in [0.4, 0.5) is 0 Å². The Labute approximate surface area is 221 Å². The highest BCUT2D eigenvalue weighted by atomic mass is 35.5. The number of ether oxygens (including phenoxy) is 2. The van der Waals surface area contributed by atoms with Crippen molar-refractivity contribution in [2.45, 2.75) is 32.2 Å². The van der Waals surface area contributed by atoms with Crippen molar-refractivity contribution in [3.8, 4) is 11.5 Å². The smallest absolute Gasteiger partial charge is 0.251 e. The lowest BCUT2D eigenvalue weighted by atomic mass is 10.1. The number of imidazole rings is 1. The molecular formula is C28H29Cl2N3O3. The Morgan fingerprint density at radius 2 is 1.67 bits per heavy atom. The number of carbonyl (C=O) groups is 1. The molecule has 3 aromatic carbocycles. The maximum absolute atomic E-state index is 12.5. The summed E-state index contributed by atoms with van der Waals surface area (Å²) >= 11 is 12.9. The molecule has 1 heterocycles. The van der Waals surface area contributed by atoms with Crippen molar-refractivity contribution in [2.75, 3.05) is 20.8 Å². The quantitative estimate of drug-likeness (QED) is 0.225. The molecule has 0 aliphatic rings. The summed E-state index contributed by atoms with van der Waals surface area (Å²) in [5.41, 5.74) is 3.45. The lowest BCUT2D eigenvalue weighted by Crippen LogP contribution is -2.24. The standard InChI is InChI=1S/C28H29Cl2N3O3/c1-35-25-15-14-19(17-26(25)36-2)28(34)31-16-7-3-4-13-27-32-23-11-5-6-12-24(23)33(27)18-20-21(29)9-8-10-22(20)30/h5-6,8-12,14-15,17H,3-4,7,13,16,18H2,1-2H3,(H,31,34). The number of hydrogen-bond acceptors (Lipinski definition) is 4. The van der Waals surface area contributed by atoms with Crippen molar-refractivity contribution in [1.29, 1.82) is 0 Å². The summed E-state index contributed by atoms with van der Waals surface area (Å²) in [4.78, 5) is 17.4. The number of para-hydroxylation sites is 2. The number of carbonyl (C=O) groups excluding carboxylic acids is 1. The predicted molar refractivity (Wildman–Crippen MR) is 145 cm³/mol. The zero-order valence-electron chi connectivity index (χ0n) is 20.4. The second-order valence-electron chi connectivity index (χ2n) is 8.44. The molecule has 0 fully saturated rings. The minimum atomic E-state index is -0.130. The first kappa shape index (κ1) is 25.9. The van der Waals surface area contributed by atoms with Gasteiger partial charge < -0.3 is 19.4 Å².